The number of carbonyl (C=O) groups is 1. The van der Waals surface area contributed by atoms with Gasteiger partial charge in [0.05, 0.1) is 10.3 Å². The molecule has 0 N–H and O–H groups in total. The van der Waals surface area contributed by atoms with Crippen LogP contribution in [0.4, 0.5) is 0 Å². The van der Waals surface area contributed by atoms with Crippen LogP contribution in [0.15, 0.2) is 4.79 Å². The molecule has 24 heavy (non-hydrogen) atoms. The quantitative estimate of drug-likeness (QED) is 0.840. The molecule has 1 amide bonds. The fourth-order valence-electron chi connectivity index (χ4n) is 4.10. The van der Waals surface area contributed by atoms with Gasteiger partial charge in [0.1, 0.15) is 10.7 Å². The van der Waals surface area contributed by atoms with E-state index in [1.54, 1.807) is 4.57 Å². The number of thiophene rings is 1. The van der Waals surface area contributed by atoms with Crippen molar-refractivity contribution in [1.29, 1.82) is 0 Å². The molecular weight excluding hydrogens is 322 g/mol. The van der Waals surface area contributed by atoms with E-state index in [9.17, 15) is 9.59 Å². The molecule has 0 spiro atoms. The Morgan fingerprint density at radius 3 is 2.92 bits per heavy atom. The number of nitrogens with zero attached hydrogens (tertiary/aromatic N) is 3. The molecule has 128 valence electrons. The molecule has 4 rings (SSSR count). The van der Waals surface area contributed by atoms with Crippen molar-refractivity contribution in [2.45, 2.75) is 65.0 Å². The molecule has 0 aromatic carbocycles. The zero-order chi connectivity index (χ0) is 16.8. The van der Waals surface area contributed by atoms with Gasteiger partial charge in [-0.3, -0.25) is 14.2 Å². The van der Waals surface area contributed by atoms with Crippen LogP contribution >= 0.6 is 11.3 Å². The Morgan fingerprint density at radius 2 is 2.12 bits per heavy atom. The van der Waals surface area contributed by atoms with Crippen LogP contribution < -0.4 is 5.56 Å². The monoisotopic (exact) mass is 345 g/mol. The number of likely N-dealkylation sites (tertiary alicyclic amines) is 1. The topological polar surface area (TPSA) is 55.2 Å². The van der Waals surface area contributed by atoms with Gasteiger partial charge in [-0.15, -0.1) is 11.3 Å². The maximum absolute atomic E-state index is 13.1. The van der Waals surface area contributed by atoms with Crippen molar-refractivity contribution in [3.05, 3.63) is 26.6 Å². The van der Waals surface area contributed by atoms with Crippen LogP contribution in [0.2, 0.25) is 0 Å². The Labute approximate surface area is 145 Å². The van der Waals surface area contributed by atoms with Crippen LogP contribution in [0, 0.1) is 6.92 Å². The second-order valence-electron chi connectivity index (χ2n) is 6.88. The Bertz CT molecular complexity index is 867. The van der Waals surface area contributed by atoms with E-state index in [1.165, 1.54) is 17.8 Å². The van der Waals surface area contributed by atoms with Crippen molar-refractivity contribution in [3.8, 4) is 0 Å². The third kappa shape index (κ3) is 2.31. The molecule has 0 saturated carbocycles. The molecule has 1 saturated heterocycles. The zero-order valence-electron chi connectivity index (χ0n) is 14.3. The normalized spacial score (nSPS) is 20.6. The van der Waals surface area contributed by atoms with Gasteiger partial charge in [-0.05, 0) is 44.6 Å². The molecule has 2 aliphatic rings. The standard InChI is InChI=1S/C18H23N3O2S/c1-3-12-7-4-5-9-20(12)18(23)15-11(2)14-16(24-15)19-13-8-6-10-21(13)17(14)22/h12H,3-10H2,1-2H3/t12-/m1/s1. The molecule has 0 aliphatic carbocycles. The zero-order valence-corrected chi connectivity index (χ0v) is 15.1. The Morgan fingerprint density at radius 1 is 1.29 bits per heavy atom. The summed E-state index contributed by atoms with van der Waals surface area (Å²) in [6.45, 7) is 5.63. The van der Waals surface area contributed by atoms with Gasteiger partial charge in [0, 0.05) is 25.6 Å². The number of rotatable bonds is 2. The molecular formula is C18H23N3O2S. The predicted molar refractivity (Wildman–Crippen MR) is 95.9 cm³/mol. The molecule has 2 aromatic rings. The molecule has 0 radical (unpaired) electrons. The number of hydrogen-bond acceptors (Lipinski definition) is 4. The second-order valence-corrected chi connectivity index (χ2v) is 7.88. The van der Waals surface area contributed by atoms with Gasteiger partial charge in [0.15, 0.2) is 0 Å². The lowest BCUT2D eigenvalue weighted by molar-refractivity contribution is 0.0612. The maximum atomic E-state index is 13.1. The van der Waals surface area contributed by atoms with Crippen molar-refractivity contribution in [1.82, 2.24) is 14.5 Å². The summed E-state index contributed by atoms with van der Waals surface area (Å²) < 4.78 is 1.78. The Hall–Kier alpha value is -1.69. The van der Waals surface area contributed by atoms with Gasteiger partial charge in [-0.1, -0.05) is 6.92 Å². The third-order valence-corrected chi connectivity index (χ3v) is 6.64. The van der Waals surface area contributed by atoms with Crippen LogP contribution in [0.1, 0.15) is 60.1 Å². The van der Waals surface area contributed by atoms with E-state index in [0.717, 1.165) is 61.4 Å². The van der Waals surface area contributed by atoms with Gasteiger partial charge in [0.2, 0.25) is 0 Å². The highest BCUT2D eigenvalue weighted by Crippen LogP contribution is 2.31. The van der Waals surface area contributed by atoms with E-state index in [0.29, 0.717) is 16.3 Å². The SMILES string of the molecule is CC[C@@H]1CCCCN1C(=O)c1sc2nc3n(c(=O)c2c1C)CCC3. The van der Waals surface area contributed by atoms with E-state index >= 15 is 0 Å². The lowest BCUT2D eigenvalue weighted by Gasteiger charge is -2.35. The lowest BCUT2D eigenvalue weighted by Crippen LogP contribution is -2.43. The molecule has 0 unspecified atom stereocenters. The van der Waals surface area contributed by atoms with Crippen LogP contribution in [-0.2, 0) is 13.0 Å². The minimum atomic E-state index is 0.0333. The highest BCUT2D eigenvalue weighted by atomic mass is 32.1. The molecule has 0 bridgehead atoms. The molecule has 2 aromatic heterocycles. The first-order chi connectivity index (χ1) is 11.6. The van der Waals surface area contributed by atoms with Gasteiger partial charge >= 0.3 is 0 Å². The van der Waals surface area contributed by atoms with Crippen LogP contribution in [0.3, 0.4) is 0 Å². The van der Waals surface area contributed by atoms with E-state index < -0.39 is 0 Å². The maximum Gasteiger partial charge on any atom is 0.264 e. The number of aryl methyl sites for hydroxylation is 2. The average molecular weight is 345 g/mol. The van der Waals surface area contributed by atoms with Gasteiger partial charge in [-0.25, -0.2) is 4.98 Å². The van der Waals surface area contributed by atoms with Crippen LogP contribution in [0.5, 0.6) is 0 Å². The first-order valence-corrected chi connectivity index (χ1v) is 9.77. The second kappa shape index (κ2) is 5.99. The minimum Gasteiger partial charge on any atom is -0.335 e. The number of amides is 1. The lowest BCUT2D eigenvalue weighted by atomic mass is 9.99. The van der Waals surface area contributed by atoms with Crippen molar-refractivity contribution in [2.24, 2.45) is 0 Å². The number of hydrogen-bond donors (Lipinski definition) is 0. The van der Waals surface area contributed by atoms with Crippen molar-refractivity contribution in [3.63, 3.8) is 0 Å². The third-order valence-electron chi connectivity index (χ3n) is 5.46. The largest absolute Gasteiger partial charge is 0.335 e. The molecule has 1 atom stereocenters. The summed E-state index contributed by atoms with van der Waals surface area (Å²) in [4.78, 5) is 34.0. The fraction of sp³-hybridized carbons (Fsp3) is 0.611. The van der Waals surface area contributed by atoms with Crippen LogP contribution in [0.25, 0.3) is 10.2 Å². The van der Waals surface area contributed by atoms with Crippen molar-refractivity contribution in [2.75, 3.05) is 6.54 Å². The molecule has 6 heteroatoms. The highest BCUT2D eigenvalue weighted by Gasteiger charge is 2.30. The first-order valence-electron chi connectivity index (χ1n) is 8.95. The predicted octanol–water partition coefficient (Wildman–Crippen LogP) is 3.12. The number of fused-ring (bicyclic) bond motifs is 2. The number of aromatic nitrogens is 2. The van der Waals surface area contributed by atoms with Gasteiger partial charge in [0.25, 0.3) is 11.5 Å². The van der Waals surface area contributed by atoms with E-state index in [1.807, 2.05) is 11.8 Å². The van der Waals surface area contributed by atoms with Crippen molar-refractivity contribution < 1.29 is 4.79 Å². The van der Waals surface area contributed by atoms with Crippen molar-refractivity contribution >= 4 is 27.5 Å². The van der Waals surface area contributed by atoms with E-state index in [2.05, 4.69) is 11.9 Å². The molecule has 1 fully saturated rings. The summed E-state index contributed by atoms with van der Waals surface area (Å²) in [6, 6.07) is 0.329. The molecule has 5 nitrogen and oxygen atoms in total. The minimum absolute atomic E-state index is 0.0333. The van der Waals surface area contributed by atoms with Gasteiger partial charge < -0.3 is 4.90 Å². The summed E-state index contributed by atoms with van der Waals surface area (Å²) in [7, 11) is 0. The summed E-state index contributed by atoms with van der Waals surface area (Å²) in [5, 5.41) is 0.652. The number of piperidine rings is 1. The summed E-state index contributed by atoms with van der Waals surface area (Å²) in [5.41, 5.74) is 0.853. The fourth-order valence-corrected chi connectivity index (χ4v) is 5.25. The summed E-state index contributed by atoms with van der Waals surface area (Å²) in [6.07, 6.45) is 6.18. The molecule has 2 aliphatic heterocycles. The highest BCUT2D eigenvalue weighted by molar-refractivity contribution is 7.20. The van der Waals surface area contributed by atoms with E-state index in [4.69, 9.17) is 0 Å². The van der Waals surface area contributed by atoms with E-state index in [-0.39, 0.29) is 11.5 Å². The smallest absolute Gasteiger partial charge is 0.264 e. The average Bonchev–Trinajstić information content (AvgIpc) is 3.19. The first kappa shape index (κ1) is 15.8. The summed E-state index contributed by atoms with van der Waals surface area (Å²) >= 11 is 1.40. The molecule has 4 heterocycles. The Balaban J connectivity index is 1.80. The Kier molecular flexibility index (Phi) is 3.95. The van der Waals surface area contributed by atoms with Gasteiger partial charge in [-0.2, -0.15) is 0 Å². The summed E-state index contributed by atoms with van der Waals surface area (Å²) in [5.74, 6) is 0.962. The number of carbonyl (C=O) groups excluding carboxylic acids is 1. The van der Waals surface area contributed by atoms with Crippen LogP contribution in [-0.4, -0.2) is 32.9 Å².